The van der Waals surface area contributed by atoms with E-state index in [9.17, 15) is 18.8 Å². The molecule has 0 aromatic heterocycles. The molecule has 1 aliphatic heterocycles. The number of hydrogen-bond donors (Lipinski definition) is 1. The Balaban J connectivity index is 1.49. The maximum Gasteiger partial charge on any atom is 0.259 e. The summed E-state index contributed by atoms with van der Waals surface area (Å²) in [4.78, 5) is 15.0. The average molecular weight is 463 g/mol. The second-order valence-corrected chi connectivity index (χ2v) is 7.88. The highest BCUT2D eigenvalue weighted by Gasteiger charge is 2.24. The number of hydrogen-bond acceptors (Lipinski definition) is 5. The lowest BCUT2D eigenvalue weighted by atomic mass is 10.0. The van der Waals surface area contributed by atoms with Gasteiger partial charge in [0, 0.05) is 32.0 Å². The van der Waals surface area contributed by atoms with Crippen LogP contribution in [-0.2, 0) is 0 Å². The van der Waals surface area contributed by atoms with Gasteiger partial charge >= 0.3 is 0 Å². The molecule has 1 aliphatic rings. The van der Waals surface area contributed by atoms with Crippen molar-refractivity contribution in [2.75, 3.05) is 30.4 Å². The summed E-state index contributed by atoms with van der Waals surface area (Å²) in [6, 6.07) is 17.4. The van der Waals surface area contributed by atoms with Gasteiger partial charge in [-0.2, -0.15) is 5.26 Å². The van der Waals surface area contributed by atoms with Crippen LogP contribution in [0.1, 0.15) is 28.8 Å². The summed E-state index contributed by atoms with van der Waals surface area (Å²) in [6.07, 6.45) is 0.995. The molecule has 1 amide bonds. The predicted octanol–water partition coefficient (Wildman–Crippen LogP) is 5.15. The number of rotatable bonds is 6. The zero-order valence-electron chi connectivity index (χ0n) is 18.6. The third-order valence-electron chi connectivity index (χ3n) is 5.70. The minimum absolute atomic E-state index is 0.0305. The van der Waals surface area contributed by atoms with E-state index in [2.05, 4.69) is 16.3 Å². The first-order valence-corrected chi connectivity index (χ1v) is 10.8. The lowest BCUT2D eigenvalue weighted by Gasteiger charge is -2.35. The van der Waals surface area contributed by atoms with Crippen LogP contribution in [0.2, 0.25) is 0 Å². The van der Waals surface area contributed by atoms with Crippen molar-refractivity contribution in [2.45, 2.75) is 18.9 Å². The van der Waals surface area contributed by atoms with Gasteiger partial charge in [-0.1, -0.05) is 12.1 Å². The van der Waals surface area contributed by atoms with Crippen LogP contribution in [-0.4, -0.2) is 32.2 Å². The van der Waals surface area contributed by atoms with Gasteiger partial charge < -0.3 is 19.7 Å². The number of nitrogens with one attached hydrogen (secondary N) is 1. The molecule has 0 radical (unpaired) electrons. The van der Waals surface area contributed by atoms with Crippen LogP contribution in [0.3, 0.4) is 0 Å². The van der Waals surface area contributed by atoms with E-state index in [1.54, 1.807) is 42.5 Å². The third-order valence-corrected chi connectivity index (χ3v) is 5.70. The van der Waals surface area contributed by atoms with Crippen molar-refractivity contribution in [2.24, 2.45) is 0 Å². The molecule has 1 fully saturated rings. The fourth-order valence-corrected chi connectivity index (χ4v) is 3.97. The second-order valence-electron chi connectivity index (χ2n) is 7.88. The first kappa shape index (κ1) is 23.1. The van der Waals surface area contributed by atoms with Crippen molar-refractivity contribution < 1.29 is 23.0 Å². The van der Waals surface area contributed by atoms with Gasteiger partial charge in [-0.25, -0.2) is 8.78 Å². The van der Waals surface area contributed by atoms with Gasteiger partial charge in [0.2, 0.25) is 0 Å². The van der Waals surface area contributed by atoms with E-state index >= 15 is 0 Å². The van der Waals surface area contributed by atoms with Gasteiger partial charge in [0.05, 0.1) is 35.7 Å². The van der Waals surface area contributed by atoms with E-state index in [0.29, 0.717) is 48.5 Å². The number of carbonyl (C=O) groups is 1. The lowest BCUT2D eigenvalue weighted by Crippen LogP contribution is -2.38. The molecule has 34 heavy (non-hydrogen) atoms. The van der Waals surface area contributed by atoms with Crippen molar-refractivity contribution >= 4 is 17.3 Å². The molecule has 8 heteroatoms. The fourth-order valence-electron chi connectivity index (χ4n) is 3.97. The SMILES string of the molecule is COc1ccccc1C(=O)Nc1cc(C#N)ccc1N1CCC(Oc2ccc(F)cc2F)CC1. The molecular weight excluding hydrogens is 440 g/mol. The Morgan fingerprint density at radius 1 is 1.06 bits per heavy atom. The standard InChI is InChI=1S/C26H23F2N3O3/c1-33-24-5-3-2-4-20(24)26(32)30-22-14-17(16-29)6-8-23(22)31-12-10-19(11-13-31)34-25-9-7-18(27)15-21(25)28/h2-9,14-15,19H,10-13H2,1H3,(H,30,32). The summed E-state index contributed by atoms with van der Waals surface area (Å²) in [5, 5.41) is 12.3. The molecule has 0 aliphatic carbocycles. The van der Waals surface area contributed by atoms with Gasteiger partial charge in [-0.15, -0.1) is 0 Å². The van der Waals surface area contributed by atoms with Crippen molar-refractivity contribution in [1.29, 1.82) is 5.26 Å². The van der Waals surface area contributed by atoms with Crippen molar-refractivity contribution in [1.82, 2.24) is 0 Å². The monoisotopic (exact) mass is 463 g/mol. The molecule has 3 aromatic rings. The first-order chi connectivity index (χ1) is 16.5. The molecule has 4 rings (SSSR count). The number of carbonyl (C=O) groups excluding carboxylic acids is 1. The Labute approximate surface area is 196 Å². The molecular formula is C26H23F2N3O3. The number of nitriles is 1. The number of benzene rings is 3. The van der Waals surface area contributed by atoms with E-state index in [-0.39, 0.29) is 17.8 Å². The van der Waals surface area contributed by atoms with Crippen LogP contribution in [0.25, 0.3) is 0 Å². The molecule has 0 bridgehead atoms. The smallest absolute Gasteiger partial charge is 0.259 e. The van der Waals surface area contributed by atoms with Crippen LogP contribution >= 0.6 is 0 Å². The minimum Gasteiger partial charge on any atom is -0.496 e. The molecule has 0 saturated carbocycles. The molecule has 1 N–H and O–H groups in total. The molecule has 1 heterocycles. The topological polar surface area (TPSA) is 74.6 Å². The lowest BCUT2D eigenvalue weighted by molar-refractivity contribution is 0.102. The summed E-state index contributed by atoms with van der Waals surface area (Å²) >= 11 is 0. The zero-order valence-corrected chi connectivity index (χ0v) is 18.6. The van der Waals surface area contributed by atoms with E-state index < -0.39 is 11.6 Å². The number of nitrogens with zero attached hydrogens (tertiary/aromatic N) is 2. The van der Waals surface area contributed by atoms with Gasteiger partial charge in [0.15, 0.2) is 11.6 Å². The summed E-state index contributed by atoms with van der Waals surface area (Å²) in [5.74, 6) is -1.25. The second kappa shape index (κ2) is 10.2. The number of para-hydroxylation sites is 1. The Bertz CT molecular complexity index is 1230. The van der Waals surface area contributed by atoms with Crippen LogP contribution in [0.5, 0.6) is 11.5 Å². The third kappa shape index (κ3) is 5.09. The molecule has 1 saturated heterocycles. The number of methoxy groups -OCH3 is 1. The largest absolute Gasteiger partial charge is 0.496 e. The van der Waals surface area contributed by atoms with Crippen LogP contribution in [0.15, 0.2) is 60.7 Å². The van der Waals surface area contributed by atoms with Gasteiger partial charge in [-0.3, -0.25) is 4.79 Å². The van der Waals surface area contributed by atoms with Crippen LogP contribution in [0.4, 0.5) is 20.2 Å². The van der Waals surface area contributed by atoms with Crippen molar-refractivity contribution in [3.05, 3.63) is 83.4 Å². The summed E-state index contributed by atoms with van der Waals surface area (Å²) in [6.45, 7) is 1.19. The minimum atomic E-state index is -0.726. The van der Waals surface area contributed by atoms with E-state index in [1.807, 2.05) is 0 Å². The Hall–Kier alpha value is -4.12. The van der Waals surface area contributed by atoms with Crippen LogP contribution < -0.4 is 19.7 Å². The van der Waals surface area contributed by atoms with E-state index in [0.717, 1.165) is 11.8 Å². The molecule has 6 nitrogen and oxygen atoms in total. The highest BCUT2D eigenvalue weighted by Crippen LogP contribution is 2.32. The molecule has 3 aromatic carbocycles. The van der Waals surface area contributed by atoms with E-state index in [1.165, 1.54) is 19.2 Å². The zero-order chi connectivity index (χ0) is 24.1. The van der Waals surface area contributed by atoms with Crippen molar-refractivity contribution in [3.8, 4) is 17.6 Å². The maximum absolute atomic E-state index is 13.9. The van der Waals surface area contributed by atoms with Gasteiger partial charge in [0.25, 0.3) is 5.91 Å². The van der Waals surface area contributed by atoms with E-state index in [4.69, 9.17) is 9.47 Å². The molecule has 0 unspecified atom stereocenters. The fraction of sp³-hybridized carbons (Fsp3) is 0.231. The molecule has 174 valence electrons. The highest BCUT2D eigenvalue weighted by atomic mass is 19.1. The summed E-state index contributed by atoms with van der Waals surface area (Å²) < 4.78 is 38.1. The number of piperidine rings is 1. The highest BCUT2D eigenvalue weighted by molar-refractivity contribution is 6.07. The number of halogens is 2. The number of ether oxygens (including phenoxy) is 2. The predicted molar refractivity (Wildman–Crippen MR) is 124 cm³/mol. The quantitative estimate of drug-likeness (QED) is 0.548. The Morgan fingerprint density at radius 2 is 1.82 bits per heavy atom. The molecule has 0 spiro atoms. The van der Waals surface area contributed by atoms with Crippen molar-refractivity contribution in [3.63, 3.8) is 0 Å². The number of amides is 1. The summed E-state index contributed by atoms with van der Waals surface area (Å²) in [5.41, 5.74) is 2.09. The molecule has 0 atom stereocenters. The maximum atomic E-state index is 13.9. The first-order valence-electron chi connectivity index (χ1n) is 10.8. The Morgan fingerprint density at radius 3 is 2.53 bits per heavy atom. The normalized spacial score (nSPS) is 13.8. The Kier molecular flexibility index (Phi) is 6.93. The average Bonchev–Trinajstić information content (AvgIpc) is 2.86. The van der Waals surface area contributed by atoms with Crippen LogP contribution in [0, 0.1) is 23.0 Å². The number of anilines is 2. The summed E-state index contributed by atoms with van der Waals surface area (Å²) in [7, 11) is 1.50. The van der Waals surface area contributed by atoms with Gasteiger partial charge in [-0.05, 0) is 42.5 Å². The van der Waals surface area contributed by atoms with Gasteiger partial charge in [0.1, 0.15) is 17.7 Å².